The number of nitrogens with zero attached hydrogens (tertiary/aromatic N) is 2. The molecule has 2 N–H and O–H groups in total. The number of nitrogens with one attached hydrogen (secondary N) is 1. The minimum absolute atomic E-state index is 0.0173. The highest BCUT2D eigenvalue weighted by molar-refractivity contribution is 6.30. The van der Waals surface area contributed by atoms with Crippen LogP contribution in [-0.4, -0.2) is 59.0 Å². The molecule has 3 unspecified atom stereocenters. The van der Waals surface area contributed by atoms with Gasteiger partial charge in [-0.15, -0.1) is 0 Å². The molecule has 2 heterocycles. The number of hydrogen-bond donors (Lipinski definition) is 2. The molecule has 3 rings (SSSR count). The summed E-state index contributed by atoms with van der Waals surface area (Å²) in [6, 6.07) is 2.81. The number of amides is 3. The van der Waals surface area contributed by atoms with E-state index in [4.69, 9.17) is 11.6 Å². The van der Waals surface area contributed by atoms with Crippen molar-refractivity contribution < 1.29 is 23.9 Å². The van der Waals surface area contributed by atoms with Crippen LogP contribution in [-0.2, 0) is 9.59 Å². The lowest BCUT2D eigenvalue weighted by Crippen LogP contribution is -2.46. The van der Waals surface area contributed by atoms with E-state index in [1.165, 1.54) is 21.9 Å². The molecule has 2 aliphatic rings. The van der Waals surface area contributed by atoms with Crippen LogP contribution in [0.15, 0.2) is 18.2 Å². The standard InChI is InChI=1S/C18H21ClFN3O4/c1-18(16(25)26)5-6-23(9-18)17(27)21-13-8-14(24)22(2)15(13)10-3-4-11(19)12(20)7-10/h3-4,7,13,15H,5-6,8-9H2,1-2H3,(H,21,27)(H,25,26). The molecule has 1 aromatic carbocycles. The highest BCUT2D eigenvalue weighted by Gasteiger charge is 2.44. The van der Waals surface area contributed by atoms with E-state index in [9.17, 15) is 23.9 Å². The molecule has 0 aliphatic carbocycles. The lowest BCUT2D eigenvalue weighted by atomic mass is 9.90. The highest BCUT2D eigenvalue weighted by Crippen LogP contribution is 2.34. The fraction of sp³-hybridized carbons (Fsp3) is 0.500. The Kier molecular flexibility index (Phi) is 5.03. The van der Waals surface area contributed by atoms with Crippen LogP contribution in [0.3, 0.4) is 0 Å². The summed E-state index contributed by atoms with van der Waals surface area (Å²) in [5, 5.41) is 12.1. The van der Waals surface area contributed by atoms with Gasteiger partial charge in [-0.25, -0.2) is 9.18 Å². The van der Waals surface area contributed by atoms with Crippen LogP contribution in [0.1, 0.15) is 31.4 Å². The Morgan fingerprint density at radius 2 is 2.11 bits per heavy atom. The Hall–Kier alpha value is -2.35. The van der Waals surface area contributed by atoms with Crippen LogP contribution >= 0.6 is 11.6 Å². The number of hydrogen-bond acceptors (Lipinski definition) is 3. The Morgan fingerprint density at radius 3 is 2.70 bits per heavy atom. The normalized spacial score (nSPS) is 27.9. The summed E-state index contributed by atoms with van der Waals surface area (Å²) in [6.45, 7) is 2.03. The quantitative estimate of drug-likeness (QED) is 0.818. The zero-order valence-electron chi connectivity index (χ0n) is 15.0. The maximum atomic E-state index is 13.9. The van der Waals surface area contributed by atoms with Crippen molar-refractivity contribution in [3.63, 3.8) is 0 Å². The minimum atomic E-state index is -0.974. The largest absolute Gasteiger partial charge is 0.481 e. The summed E-state index contributed by atoms with van der Waals surface area (Å²) in [7, 11) is 1.60. The number of carbonyl (C=O) groups is 3. The number of carbonyl (C=O) groups excluding carboxylic acids is 2. The van der Waals surface area contributed by atoms with Crippen molar-refractivity contribution in [2.45, 2.75) is 31.8 Å². The van der Waals surface area contributed by atoms with E-state index >= 15 is 0 Å². The molecule has 0 aromatic heterocycles. The van der Waals surface area contributed by atoms with Crippen LogP contribution in [0.2, 0.25) is 5.02 Å². The van der Waals surface area contributed by atoms with Crippen molar-refractivity contribution in [1.29, 1.82) is 0 Å². The van der Waals surface area contributed by atoms with Crippen LogP contribution in [0, 0.1) is 11.2 Å². The van der Waals surface area contributed by atoms with E-state index in [1.807, 2.05) is 0 Å². The first kappa shape index (κ1) is 19.4. The number of urea groups is 1. The smallest absolute Gasteiger partial charge is 0.317 e. The van der Waals surface area contributed by atoms with E-state index in [0.29, 0.717) is 18.5 Å². The van der Waals surface area contributed by atoms with Gasteiger partial charge in [0.15, 0.2) is 0 Å². The van der Waals surface area contributed by atoms with Crippen LogP contribution < -0.4 is 5.32 Å². The van der Waals surface area contributed by atoms with Gasteiger partial charge in [0.25, 0.3) is 0 Å². The predicted molar refractivity (Wildman–Crippen MR) is 95.8 cm³/mol. The number of carboxylic acid groups (broad SMARTS) is 1. The van der Waals surface area contributed by atoms with Crippen molar-refractivity contribution in [2.75, 3.05) is 20.1 Å². The number of likely N-dealkylation sites (tertiary alicyclic amines) is 2. The van der Waals surface area contributed by atoms with Crippen molar-refractivity contribution in [3.8, 4) is 0 Å². The number of benzene rings is 1. The van der Waals surface area contributed by atoms with Crippen LogP contribution in [0.25, 0.3) is 0 Å². The predicted octanol–water partition coefficient (Wildman–Crippen LogP) is 2.26. The molecule has 2 saturated heterocycles. The maximum absolute atomic E-state index is 13.9. The van der Waals surface area contributed by atoms with Gasteiger partial charge in [-0.3, -0.25) is 9.59 Å². The number of rotatable bonds is 3. The second kappa shape index (κ2) is 6.99. The zero-order chi connectivity index (χ0) is 19.9. The first-order valence-corrected chi connectivity index (χ1v) is 8.99. The summed E-state index contributed by atoms with van der Waals surface area (Å²) in [6.07, 6.45) is 0.451. The van der Waals surface area contributed by atoms with E-state index in [-0.39, 0.29) is 23.9 Å². The molecule has 0 radical (unpaired) electrons. The first-order valence-electron chi connectivity index (χ1n) is 8.62. The molecule has 0 bridgehead atoms. The fourth-order valence-corrected chi connectivity index (χ4v) is 3.83. The SMILES string of the molecule is CN1C(=O)CC(NC(=O)N2CCC(C)(C(=O)O)C2)C1c1ccc(Cl)c(F)c1. The van der Waals surface area contributed by atoms with E-state index in [0.717, 1.165) is 0 Å². The van der Waals surface area contributed by atoms with Gasteiger partial charge in [-0.05, 0) is 31.0 Å². The second-order valence-electron chi connectivity index (χ2n) is 7.42. The van der Waals surface area contributed by atoms with Crippen LogP contribution in [0.4, 0.5) is 9.18 Å². The number of halogens is 2. The van der Waals surface area contributed by atoms with Crippen molar-refractivity contribution in [1.82, 2.24) is 15.1 Å². The monoisotopic (exact) mass is 397 g/mol. The molecule has 2 aliphatic heterocycles. The molecule has 146 valence electrons. The van der Waals surface area contributed by atoms with Crippen molar-refractivity contribution >= 4 is 29.5 Å². The zero-order valence-corrected chi connectivity index (χ0v) is 15.8. The number of carboxylic acids is 1. The van der Waals surface area contributed by atoms with Gasteiger partial charge in [0.1, 0.15) is 5.82 Å². The van der Waals surface area contributed by atoms with Gasteiger partial charge in [0, 0.05) is 26.6 Å². The Balaban J connectivity index is 1.76. The molecule has 3 amide bonds. The number of likely N-dealkylation sites (N-methyl/N-ethyl adjacent to an activating group) is 1. The van der Waals surface area contributed by atoms with Gasteiger partial charge in [-0.1, -0.05) is 17.7 Å². The molecular formula is C18H21ClFN3O4. The minimum Gasteiger partial charge on any atom is -0.481 e. The topological polar surface area (TPSA) is 90.0 Å². The molecule has 0 saturated carbocycles. The average molecular weight is 398 g/mol. The third-order valence-corrected chi connectivity index (χ3v) is 5.76. The third kappa shape index (κ3) is 3.58. The van der Waals surface area contributed by atoms with Gasteiger partial charge in [0.2, 0.25) is 5.91 Å². The first-order chi connectivity index (χ1) is 12.6. The molecule has 2 fully saturated rings. The van der Waals surface area contributed by atoms with Gasteiger partial charge >= 0.3 is 12.0 Å². The molecule has 27 heavy (non-hydrogen) atoms. The van der Waals surface area contributed by atoms with Crippen molar-refractivity contribution in [3.05, 3.63) is 34.6 Å². The van der Waals surface area contributed by atoms with Gasteiger partial charge in [-0.2, -0.15) is 0 Å². The lowest BCUT2D eigenvalue weighted by molar-refractivity contribution is -0.147. The van der Waals surface area contributed by atoms with E-state index in [1.54, 1.807) is 20.0 Å². The van der Waals surface area contributed by atoms with E-state index in [2.05, 4.69) is 5.32 Å². The summed E-state index contributed by atoms with van der Waals surface area (Å²) >= 11 is 5.73. The summed E-state index contributed by atoms with van der Waals surface area (Å²) in [4.78, 5) is 39.1. The summed E-state index contributed by atoms with van der Waals surface area (Å²) < 4.78 is 13.9. The molecule has 0 spiro atoms. The number of aliphatic carboxylic acids is 1. The Labute approximate surface area is 161 Å². The third-order valence-electron chi connectivity index (χ3n) is 5.46. The molecule has 1 aromatic rings. The Morgan fingerprint density at radius 1 is 1.41 bits per heavy atom. The van der Waals surface area contributed by atoms with Crippen LogP contribution in [0.5, 0.6) is 0 Å². The molecule has 3 atom stereocenters. The van der Waals surface area contributed by atoms with Gasteiger partial charge in [0.05, 0.1) is 22.5 Å². The Bertz CT molecular complexity index is 805. The van der Waals surface area contributed by atoms with Crippen molar-refractivity contribution in [2.24, 2.45) is 5.41 Å². The lowest BCUT2D eigenvalue weighted by Gasteiger charge is -2.28. The summed E-state index contributed by atoms with van der Waals surface area (Å²) in [5.74, 6) is -1.70. The van der Waals surface area contributed by atoms with E-state index < -0.39 is 35.3 Å². The molecule has 9 heteroatoms. The second-order valence-corrected chi connectivity index (χ2v) is 7.83. The average Bonchev–Trinajstić information content (AvgIpc) is 3.13. The summed E-state index contributed by atoms with van der Waals surface area (Å²) in [5.41, 5.74) is -0.439. The highest BCUT2D eigenvalue weighted by atomic mass is 35.5. The van der Waals surface area contributed by atoms with Gasteiger partial charge < -0.3 is 20.2 Å². The molecule has 7 nitrogen and oxygen atoms in total. The molecular weight excluding hydrogens is 377 g/mol. The maximum Gasteiger partial charge on any atom is 0.317 e. The fourth-order valence-electron chi connectivity index (χ4n) is 3.71.